The Morgan fingerprint density at radius 1 is 1.00 bits per heavy atom. The zero-order valence-corrected chi connectivity index (χ0v) is 17.4. The topological polar surface area (TPSA) is 37.3 Å². The van der Waals surface area contributed by atoms with Crippen LogP contribution in [-0.4, -0.2) is 26.0 Å². The number of fused-ring (bicyclic) bond motifs is 1. The number of aromatic carboxylic acids is 1. The molecule has 0 amide bonds. The SMILES string of the molecule is CC1(C)CCC(C)(C)c2c([Se]C#Cc3ccc(C(=O)O)cc3)cccc21. The Labute approximate surface area is 162 Å². The Kier molecular flexibility index (Phi) is 5.02. The maximum atomic E-state index is 10.9. The van der Waals surface area contributed by atoms with Crippen molar-refractivity contribution in [1.29, 1.82) is 0 Å². The molecule has 0 spiro atoms. The first-order valence-corrected chi connectivity index (χ1v) is 10.6. The molecule has 3 rings (SSSR count). The Balaban J connectivity index is 1.90. The maximum absolute atomic E-state index is 10.9. The van der Waals surface area contributed by atoms with Gasteiger partial charge in [-0.05, 0) is 0 Å². The number of hydrogen-bond acceptors (Lipinski definition) is 1. The van der Waals surface area contributed by atoms with E-state index >= 15 is 0 Å². The number of carboxylic acids is 1. The number of hydrogen-bond donors (Lipinski definition) is 1. The summed E-state index contributed by atoms with van der Waals surface area (Å²) >= 11 is 0.0709. The summed E-state index contributed by atoms with van der Waals surface area (Å²) in [5, 5.41) is 8.97. The molecule has 0 aromatic heterocycles. The molecule has 0 fully saturated rings. The molecule has 0 aliphatic heterocycles. The second-order valence-electron chi connectivity index (χ2n) is 8.16. The van der Waals surface area contributed by atoms with Crippen molar-refractivity contribution in [3.05, 3.63) is 64.7 Å². The van der Waals surface area contributed by atoms with Gasteiger partial charge in [0.25, 0.3) is 0 Å². The van der Waals surface area contributed by atoms with Crippen LogP contribution in [0, 0.1) is 10.7 Å². The molecule has 0 atom stereocenters. The molecule has 0 saturated heterocycles. The molecular formula is C23H24O2Se. The van der Waals surface area contributed by atoms with Gasteiger partial charge in [0.2, 0.25) is 0 Å². The van der Waals surface area contributed by atoms with E-state index in [2.05, 4.69) is 56.6 Å². The van der Waals surface area contributed by atoms with Gasteiger partial charge in [-0.3, -0.25) is 0 Å². The van der Waals surface area contributed by atoms with E-state index in [4.69, 9.17) is 5.11 Å². The summed E-state index contributed by atoms with van der Waals surface area (Å²) in [6.07, 6.45) is 2.41. The molecule has 0 radical (unpaired) electrons. The molecule has 1 aliphatic carbocycles. The molecule has 2 nitrogen and oxygen atoms in total. The molecule has 0 unspecified atom stereocenters. The zero-order chi connectivity index (χ0) is 18.9. The predicted octanol–water partition coefficient (Wildman–Crippen LogP) is 4.07. The minimum atomic E-state index is -0.908. The van der Waals surface area contributed by atoms with Gasteiger partial charge >= 0.3 is 162 Å². The van der Waals surface area contributed by atoms with E-state index in [1.165, 1.54) is 28.4 Å². The van der Waals surface area contributed by atoms with Crippen LogP contribution < -0.4 is 4.46 Å². The number of rotatable bonds is 2. The van der Waals surface area contributed by atoms with E-state index in [0.717, 1.165) is 5.56 Å². The van der Waals surface area contributed by atoms with E-state index in [-0.39, 0.29) is 25.8 Å². The van der Waals surface area contributed by atoms with Gasteiger partial charge in [0.1, 0.15) is 0 Å². The molecule has 0 heterocycles. The van der Waals surface area contributed by atoms with Crippen molar-refractivity contribution in [2.45, 2.75) is 51.4 Å². The molecule has 0 saturated carbocycles. The van der Waals surface area contributed by atoms with Gasteiger partial charge in [-0.25, -0.2) is 0 Å². The molecule has 1 aliphatic rings. The van der Waals surface area contributed by atoms with Crippen LogP contribution in [0.3, 0.4) is 0 Å². The summed E-state index contributed by atoms with van der Waals surface area (Å²) < 4.78 is 1.38. The van der Waals surface area contributed by atoms with Gasteiger partial charge in [0.15, 0.2) is 0 Å². The van der Waals surface area contributed by atoms with Crippen LogP contribution in [0.2, 0.25) is 0 Å². The van der Waals surface area contributed by atoms with Gasteiger partial charge in [-0.1, -0.05) is 0 Å². The summed E-state index contributed by atoms with van der Waals surface area (Å²) in [6.45, 7) is 9.37. The second-order valence-corrected chi connectivity index (χ2v) is 9.94. The van der Waals surface area contributed by atoms with Crippen LogP contribution in [0.25, 0.3) is 0 Å². The zero-order valence-electron chi connectivity index (χ0n) is 15.7. The fourth-order valence-electron chi connectivity index (χ4n) is 3.60. The third-order valence-corrected chi connectivity index (χ3v) is 6.90. The molecule has 26 heavy (non-hydrogen) atoms. The van der Waals surface area contributed by atoms with E-state index < -0.39 is 5.97 Å². The normalized spacial score (nSPS) is 16.9. The number of carboxylic acid groups (broad SMARTS) is 1. The van der Waals surface area contributed by atoms with E-state index in [9.17, 15) is 4.79 Å². The van der Waals surface area contributed by atoms with Crippen LogP contribution in [-0.2, 0) is 10.8 Å². The molecule has 1 N–H and O–H groups in total. The van der Waals surface area contributed by atoms with Crippen molar-refractivity contribution in [2.75, 3.05) is 0 Å². The molecule has 134 valence electrons. The van der Waals surface area contributed by atoms with Crippen LogP contribution in [0.15, 0.2) is 42.5 Å². The van der Waals surface area contributed by atoms with Crippen LogP contribution >= 0.6 is 0 Å². The summed E-state index contributed by atoms with van der Waals surface area (Å²) in [5.74, 6) is 2.29. The van der Waals surface area contributed by atoms with E-state index in [1.807, 2.05) is 0 Å². The van der Waals surface area contributed by atoms with Crippen LogP contribution in [0.5, 0.6) is 0 Å². The fraction of sp³-hybridized carbons (Fsp3) is 0.348. The summed E-state index contributed by atoms with van der Waals surface area (Å²) in [7, 11) is 0. The molecular weight excluding hydrogens is 387 g/mol. The van der Waals surface area contributed by atoms with Gasteiger partial charge in [-0.15, -0.1) is 0 Å². The minimum absolute atomic E-state index is 0.0709. The monoisotopic (exact) mass is 412 g/mol. The van der Waals surface area contributed by atoms with Crippen LogP contribution in [0.4, 0.5) is 0 Å². The van der Waals surface area contributed by atoms with Crippen molar-refractivity contribution in [3.8, 4) is 10.7 Å². The van der Waals surface area contributed by atoms with E-state index in [1.54, 1.807) is 24.3 Å². The molecule has 2 aromatic rings. The van der Waals surface area contributed by atoms with Crippen molar-refractivity contribution >= 4 is 25.4 Å². The van der Waals surface area contributed by atoms with Gasteiger partial charge in [-0.2, -0.15) is 0 Å². The standard InChI is InChI=1S/C23H24O2Se/c1-22(2)13-14-23(3,4)20-18(22)6-5-7-19(20)26-15-12-16-8-10-17(11-9-16)21(24)25/h5-11H,13-14H2,1-4H3,(H,24,25). The number of carbonyl (C=O) groups is 1. The average molecular weight is 411 g/mol. The Bertz CT molecular complexity index is 896. The quantitative estimate of drug-likeness (QED) is 0.598. The third-order valence-electron chi connectivity index (χ3n) is 5.30. The Morgan fingerprint density at radius 2 is 1.65 bits per heavy atom. The molecule has 3 heteroatoms. The van der Waals surface area contributed by atoms with Crippen molar-refractivity contribution in [3.63, 3.8) is 0 Å². The summed E-state index contributed by atoms with van der Waals surface area (Å²) in [4.78, 5) is 14.3. The average Bonchev–Trinajstić information content (AvgIpc) is 2.59. The molecule has 2 aromatic carbocycles. The Morgan fingerprint density at radius 3 is 2.31 bits per heavy atom. The van der Waals surface area contributed by atoms with Gasteiger partial charge < -0.3 is 0 Å². The van der Waals surface area contributed by atoms with Gasteiger partial charge in [0, 0.05) is 0 Å². The van der Waals surface area contributed by atoms with E-state index in [0.29, 0.717) is 5.56 Å². The first kappa shape index (κ1) is 18.8. The number of benzene rings is 2. The van der Waals surface area contributed by atoms with Crippen molar-refractivity contribution < 1.29 is 9.90 Å². The summed E-state index contributed by atoms with van der Waals surface area (Å²) in [5.41, 5.74) is 4.53. The predicted molar refractivity (Wildman–Crippen MR) is 107 cm³/mol. The Hall–Kier alpha value is -2.01. The van der Waals surface area contributed by atoms with Crippen molar-refractivity contribution in [2.24, 2.45) is 0 Å². The summed E-state index contributed by atoms with van der Waals surface area (Å²) in [6, 6.07) is 13.4. The van der Waals surface area contributed by atoms with Gasteiger partial charge in [0.05, 0.1) is 0 Å². The second kappa shape index (κ2) is 6.95. The first-order valence-electron chi connectivity index (χ1n) is 8.86. The molecule has 0 bridgehead atoms. The third kappa shape index (κ3) is 3.73. The fourth-order valence-corrected chi connectivity index (χ4v) is 5.52. The first-order chi connectivity index (χ1) is 12.2. The van der Waals surface area contributed by atoms with Crippen LogP contribution in [0.1, 0.15) is 67.6 Å². The van der Waals surface area contributed by atoms with Crippen molar-refractivity contribution in [1.82, 2.24) is 0 Å².